The van der Waals surface area contributed by atoms with Crippen molar-refractivity contribution in [3.63, 3.8) is 0 Å². The maximum atomic E-state index is 10.4. The molecule has 3 rings (SSSR count). The molecule has 0 saturated carbocycles. The minimum absolute atomic E-state index is 0.460. The third kappa shape index (κ3) is 2.60. The summed E-state index contributed by atoms with van der Waals surface area (Å²) in [7, 11) is 0. The second-order valence-corrected chi connectivity index (χ2v) is 5.83. The number of hydrogen-bond donors (Lipinski definition) is 1. The highest BCUT2D eigenvalue weighted by atomic mass is 32.1. The lowest BCUT2D eigenvalue weighted by Crippen LogP contribution is -2.03. The van der Waals surface area contributed by atoms with Crippen molar-refractivity contribution in [1.29, 1.82) is 0 Å². The lowest BCUT2D eigenvalue weighted by Gasteiger charge is -2.11. The molecule has 2 heterocycles. The Morgan fingerprint density at radius 1 is 1.15 bits per heavy atom. The number of aliphatic hydroxyl groups excluding tert-OH is 1. The number of hydrogen-bond acceptors (Lipinski definition) is 3. The van der Waals surface area contributed by atoms with E-state index < -0.39 is 6.10 Å². The van der Waals surface area contributed by atoms with Crippen LogP contribution >= 0.6 is 11.3 Å². The van der Waals surface area contributed by atoms with Gasteiger partial charge in [-0.1, -0.05) is 31.2 Å². The Labute approximate surface area is 122 Å². The highest BCUT2D eigenvalue weighted by Crippen LogP contribution is 2.27. The van der Waals surface area contributed by atoms with E-state index in [1.807, 2.05) is 29.6 Å². The van der Waals surface area contributed by atoms with Gasteiger partial charge in [-0.15, -0.1) is 11.3 Å². The second-order valence-electron chi connectivity index (χ2n) is 4.88. The van der Waals surface area contributed by atoms with E-state index in [0.29, 0.717) is 6.42 Å². The van der Waals surface area contributed by atoms with Crippen LogP contribution in [0.4, 0.5) is 0 Å². The van der Waals surface area contributed by atoms with E-state index in [4.69, 9.17) is 0 Å². The number of nitrogens with zero attached hydrogens (tertiary/aromatic N) is 1. The molecule has 1 atom stereocenters. The Hall–Kier alpha value is -1.71. The molecular weight excluding hydrogens is 266 g/mol. The van der Waals surface area contributed by atoms with Gasteiger partial charge in [0.1, 0.15) is 0 Å². The molecule has 0 aliphatic carbocycles. The summed E-state index contributed by atoms with van der Waals surface area (Å²) in [6.07, 6.45) is 1.07. The Morgan fingerprint density at radius 2 is 2.00 bits per heavy atom. The lowest BCUT2D eigenvalue weighted by molar-refractivity contribution is 0.180. The second kappa shape index (κ2) is 5.73. The van der Waals surface area contributed by atoms with Crippen LogP contribution in [0.25, 0.3) is 10.9 Å². The molecule has 0 aliphatic heterocycles. The minimum Gasteiger partial charge on any atom is -0.387 e. The molecule has 0 amide bonds. The van der Waals surface area contributed by atoms with E-state index in [-0.39, 0.29) is 0 Å². The fourth-order valence-electron chi connectivity index (χ4n) is 2.44. The molecule has 1 unspecified atom stereocenters. The van der Waals surface area contributed by atoms with E-state index in [9.17, 15) is 5.11 Å². The predicted octanol–water partition coefficient (Wildman–Crippen LogP) is 4.13. The molecule has 0 spiro atoms. The van der Waals surface area contributed by atoms with Crippen LogP contribution in [-0.4, -0.2) is 10.1 Å². The van der Waals surface area contributed by atoms with Gasteiger partial charge < -0.3 is 5.11 Å². The van der Waals surface area contributed by atoms with Gasteiger partial charge in [-0.3, -0.25) is 4.98 Å². The molecular formula is C17H17NOS. The van der Waals surface area contributed by atoms with Crippen LogP contribution in [-0.2, 0) is 12.8 Å². The monoisotopic (exact) mass is 283 g/mol. The third-order valence-electron chi connectivity index (χ3n) is 3.52. The summed E-state index contributed by atoms with van der Waals surface area (Å²) >= 11 is 1.63. The van der Waals surface area contributed by atoms with E-state index in [0.717, 1.165) is 27.9 Å². The number of rotatable bonds is 4. The van der Waals surface area contributed by atoms with Gasteiger partial charge >= 0.3 is 0 Å². The minimum atomic E-state index is -0.460. The molecule has 2 nitrogen and oxygen atoms in total. The summed E-state index contributed by atoms with van der Waals surface area (Å²) in [5.74, 6) is 0. The summed E-state index contributed by atoms with van der Waals surface area (Å²) in [6.45, 7) is 2.12. The summed E-state index contributed by atoms with van der Waals surface area (Å²) in [5.41, 5.74) is 3.16. The number of pyridine rings is 1. The fraction of sp³-hybridized carbons (Fsp3) is 0.235. The first kappa shape index (κ1) is 13.3. The summed E-state index contributed by atoms with van der Waals surface area (Å²) in [4.78, 5) is 5.70. The molecule has 3 heteroatoms. The fourth-order valence-corrected chi connectivity index (χ4v) is 3.43. The third-order valence-corrected chi connectivity index (χ3v) is 4.58. The van der Waals surface area contributed by atoms with Crippen molar-refractivity contribution in [2.24, 2.45) is 0 Å². The number of thiophene rings is 1. The Kier molecular flexibility index (Phi) is 3.81. The quantitative estimate of drug-likeness (QED) is 0.781. The van der Waals surface area contributed by atoms with Gasteiger partial charge in [0.05, 0.1) is 11.6 Å². The average molecular weight is 283 g/mol. The molecule has 102 valence electrons. The SMILES string of the molecule is CCc1ccsc1C(O)Cc1ccc2ccccc2n1. The zero-order valence-electron chi connectivity index (χ0n) is 11.4. The topological polar surface area (TPSA) is 33.1 Å². The normalized spacial score (nSPS) is 12.7. The van der Waals surface area contributed by atoms with E-state index in [1.54, 1.807) is 11.3 Å². The van der Waals surface area contributed by atoms with Crippen LogP contribution in [0.1, 0.15) is 29.2 Å². The summed E-state index contributed by atoms with van der Waals surface area (Å²) in [6, 6.07) is 14.2. The van der Waals surface area contributed by atoms with Crippen LogP contribution in [0.3, 0.4) is 0 Å². The molecule has 2 aromatic heterocycles. The Morgan fingerprint density at radius 3 is 2.85 bits per heavy atom. The molecule has 1 aromatic carbocycles. The lowest BCUT2D eigenvalue weighted by atomic mass is 10.1. The van der Waals surface area contributed by atoms with Crippen LogP contribution < -0.4 is 0 Å². The van der Waals surface area contributed by atoms with Gasteiger partial charge in [0.15, 0.2) is 0 Å². The maximum Gasteiger partial charge on any atom is 0.0939 e. The van der Waals surface area contributed by atoms with Gasteiger partial charge in [-0.05, 0) is 35.6 Å². The van der Waals surface area contributed by atoms with E-state index in [2.05, 4.69) is 30.1 Å². The maximum absolute atomic E-state index is 10.4. The largest absolute Gasteiger partial charge is 0.387 e. The van der Waals surface area contributed by atoms with E-state index >= 15 is 0 Å². The summed E-state index contributed by atoms with van der Waals surface area (Å²) < 4.78 is 0. The molecule has 1 N–H and O–H groups in total. The zero-order chi connectivity index (χ0) is 13.9. The molecule has 0 bridgehead atoms. The molecule has 20 heavy (non-hydrogen) atoms. The van der Waals surface area contributed by atoms with Gasteiger partial charge in [-0.2, -0.15) is 0 Å². The van der Waals surface area contributed by atoms with Crippen LogP contribution in [0, 0.1) is 0 Å². The van der Waals surface area contributed by atoms with Crippen LogP contribution in [0.15, 0.2) is 47.8 Å². The van der Waals surface area contributed by atoms with Crippen molar-refractivity contribution in [1.82, 2.24) is 4.98 Å². The van der Waals surface area contributed by atoms with Crippen molar-refractivity contribution < 1.29 is 5.11 Å². The zero-order valence-corrected chi connectivity index (χ0v) is 12.2. The average Bonchev–Trinajstić information content (AvgIpc) is 2.95. The van der Waals surface area contributed by atoms with Crippen molar-refractivity contribution in [3.8, 4) is 0 Å². The molecule has 0 aliphatic rings. The van der Waals surface area contributed by atoms with Crippen LogP contribution in [0.2, 0.25) is 0 Å². The van der Waals surface area contributed by atoms with Crippen molar-refractivity contribution in [2.75, 3.05) is 0 Å². The first-order valence-electron chi connectivity index (χ1n) is 6.87. The predicted molar refractivity (Wildman–Crippen MR) is 84.1 cm³/mol. The molecule has 0 saturated heterocycles. The smallest absolute Gasteiger partial charge is 0.0939 e. The van der Waals surface area contributed by atoms with E-state index in [1.165, 1.54) is 5.56 Å². The van der Waals surface area contributed by atoms with Crippen molar-refractivity contribution in [2.45, 2.75) is 25.9 Å². The number of benzene rings is 1. The molecule has 3 aromatic rings. The number of fused-ring (bicyclic) bond motifs is 1. The highest BCUT2D eigenvalue weighted by molar-refractivity contribution is 7.10. The number of aromatic nitrogens is 1. The standard InChI is InChI=1S/C17H17NOS/c1-2-12-9-10-20-17(12)16(19)11-14-8-7-13-5-3-4-6-15(13)18-14/h3-10,16,19H,2,11H2,1H3. The summed E-state index contributed by atoms with van der Waals surface area (Å²) in [5, 5.41) is 13.6. The van der Waals surface area contributed by atoms with Crippen molar-refractivity contribution in [3.05, 3.63) is 64.0 Å². The van der Waals surface area contributed by atoms with Gasteiger partial charge in [0.2, 0.25) is 0 Å². The molecule has 0 fully saturated rings. The molecule has 0 radical (unpaired) electrons. The van der Waals surface area contributed by atoms with Crippen LogP contribution in [0.5, 0.6) is 0 Å². The first-order chi connectivity index (χ1) is 9.78. The first-order valence-corrected chi connectivity index (χ1v) is 7.75. The number of aliphatic hydroxyl groups is 1. The highest BCUT2D eigenvalue weighted by Gasteiger charge is 2.14. The van der Waals surface area contributed by atoms with Gasteiger partial charge in [0.25, 0.3) is 0 Å². The Balaban J connectivity index is 1.85. The number of para-hydroxylation sites is 1. The van der Waals surface area contributed by atoms with Gasteiger partial charge in [0, 0.05) is 22.4 Å². The number of aryl methyl sites for hydroxylation is 1. The van der Waals surface area contributed by atoms with Gasteiger partial charge in [-0.25, -0.2) is 0 Å². The van der Waals surface area contributed by atoms with Crippen molar-refractivity contribution >= 4 is 22.2 Å². The Bertz CT molecular complexity index is 720.